The second-order valence-electron chi connectivity index (χ2n) is 6.95. The molecule has 0 spiro atoms. The van der Waals surface area contributed by atoms with Crippen molar-refractivity contribution in [2.45, 2.75) is 24.0 Å². The predicted octanol–water partition coefficient (Wildman–Crippen LogP) is 4.34. The van der Waals surface area contributed by atoms with E-state index in [0.717, 1.165) is 23.7 Å². The molecule has 0 saturated carbocycles. The molecule has 0 atom stereocenters. The van der Waals surface area contributed by atoms with E-state index in [1.807, 2.05) is 0 Å². The van der Waals surface area contributed by atoms with Crippen molar-refractivity contribution in [1.29, 1.82) is 0 Å². The van der Waals surface area contributed by atoms with Crippen molar-refractivity contribution in [2.24, 2.45) is 0 Å². The van der Waals surface area contributed by atoms with Gasteiger partial charge in [-0.2, -0.15) is 17.5 Å². The van der Waals surface area contributed by atoms with E-state index in [0.29, 0.717) is 16.6 Å². The zero-order chi connectivity index (χ0) is 23.6. The zero-order valence-corrected chi connectivity index (χ0v) is 18.3. The number of nitrogens with one attached hydrogen (secondary N) is 2. The maximum absolute atomic E-state index is 13.0. The number of nitrogens with zero attached hydrogens (tertiary/aromatic N) is 3. The Morgan fingerprint density at radius 3 is 2.52 bits per heavy atom. The number of carbonyl (C=O) groups excluding carboxylic acids is 1. The van der Waals surface area contributed by atoms with Gasteiger partial charge >= 0.3 is 6.18 Å². The molecule has 4 aromatic rings. The van der Waals surface area contributed by atoms with Crippen LogP contribution in [-0.2, 0) is 27.5 Å². The van der Waals surface area contributed by atoms with Crippen LogP contribution in [0.15, 0.2) is 66.0 Å². The summed E-state index contributed by atoms with van der Waals surface area (Å²) in [6.07, 6.45) is -1.58. The molecular formula is C20H16F3N5O3S2. The first-order chi connectivity index (χ1) is 15.6. The second-order valence-corrected chi connectivity index (χ2v) is 9.42. The number of rotatable bonds is 7. The summed E-state index contributed by atoms with van der Waals surface area (Å²) in [7, 11) is -3.84. The van der Waals surface area contributed by atoms with E-state index in [-0.39, 0.29) is 28.9 Å². The van der Waals surface area contributed by atoms with Gasteiger partial charge in [0, 0.05) is 41.9 Å². The van der Waals surface area contributed by atoms with Crippen molar-refractivity contribution in [3.8, 4) is 0 Å². The molecule has 0 aliphatic heterocycles. The summed E-state index contributed by atoms with van der Waals surface area (Å²) in [5.41, 5.74) is 0.0109. The minimum Gasteiger partial charge on any atom is -0.347 e. The highest BCUT2D eigenvalue weighted by molar-refractivity contribution is 7.93. The lowest BCUT2D eigenvalue weighted by atomic mass is 10.1. The number of alkyl halides is 3. The van der Waals surface area contributed by atoms with E-state index in [1.165, 1.54) is 36.7 Å². The van der Waals surface area contributed by atoms with Crippen molar-refractivity contribution in [2.75, 3.05) is 10.0 Å². The Morgan fingerprint density at radius 2 is 1.85 bits per heavy atom. The molecule has 0 aliphatic carbocycles. The summed E-state index contributed by atoms with van der Waals surface area (Å²) in [4.78, 5) is 16.1. The summed E-state index contributed by atoms with van der Waals surface area (Å²) in [6, 6.07) is 10.7. The van der Waals surface area contributed by atoms with Gasteiger partial charge in [0.2, 0.25) is 11.0 Å². The lowest BCUT2D eigenvalue weighted by Crippen LogP contribution is -2.15. The molecule has 172 valence electrons. The van der Waals surface area contributed by atoms with Gasteiger partial charge in [0.1, 0.15) is 6.33 Å². The molecule has 0 unspecified atom stereocenters. The van der Waals surface area contributed by atoms with Crippen molar-refractivity contribution >= 4 is 49.2 Å². The number of amides is 1. The van der Waals surface area contributed by atoms with Gasteiger partial charge in [0.25, 0.3) is 10.0 Å². The highest BCUT2D eigenvalue weighted by Crippen LogP contribution is 2.31. The molecule has 33 heavy (non-hydrogen) atoms. The molecule has 8 nitrogen and oxygen atoms in total. The number of hydrogen-bond acceptors (Lipinski definition) is 6. The standard InChI is InChI=1S/C20H16F3N5O3S2/c21-20(22,23)14-2-1-13-7-9-28(17(13)11-14)10-8-18(29)26-15-3-5-16(6-4-15)33(30,31)27-19-24-12-25-32-19/h1-7,9,11-12H,8,10H2,(H,26,29)(H,24,25,27). The Labute approximate surface area is 190 Å². The molecule has 0 saturated heterocycles. The largest absolute Gasteiger partial charge is 0.416 e. The molecule has 0 fully saturated rings. The fraction of sp³-hybridized carbons (Fsp3) is 0.150. The topological polar surface area (TPSA) is 106 Å². The fourth-order valence-corrected chi connectivity index (χ4v) is 4.77. The van der Waals surface area contributed by atoms with Crippen LogP contribution in [0.2, 0.25) is 0 Å². The number of aryl methyl sites for hydroxylation is 1. The molecule has 0 bridgehead atoms. The number of carbonyl (C=O) groups is 1. The number of benzene rings is 2. The third kappa shape index (κ3) is 5.31. The van der Waals surface area contributed by atoms with Crippen LogP contribution in [0.25, 0.3) is 10.9 Å². The van der Waals surface area contributed by atoms with Gasteiger partial charge in [-0.05, 0) is 47.9 Å². The minimum absolute atomic E-state index is 0.0126. The highest BCUT2D eigenvalue weighted by Gasteiger charge is 2.30. The average molecular weight is 496 g/mol. The molecule has 2 N–H and O–H groups in total. The number of halogens is 3. The monoisotopic (exact) mass is 495 g/mol. The fourth-order valence-electron chi connectivity index (χ4n) is 3.11. The SMILES string of the molecule is O=C(CCn1ccc2ccc(C(F)(F)F)cc21)Nc1ccc(S(=O)(=O)Nc2ncns2)cc1. The van der Waals surface area contributed by atoms with E-state index in [2.05, 4.69) is 19.4 Å². The van der Waals surface area contributed by atoms with Crippen LogP contribution in [0.5, 0.6) is 0 Å². The van der Waals surface area contributed by atoms with E-state index < -0.39 is 21.8 Å². The first-order valence-electron chi connectivity index (χ1n) is 9.47. The summed E-state index contributed by atoms with van der Waals surface area (Å²) in [5.74, 6) is -0.369. The van der Waals surface area contributed by atoms with Gasteiger partial charge in [-0.3, -0.25) is 9.52 Å². The molecule has 0 aliphatic rings. The summed E-state index contributed by atoms with van der Waals surface area (Å²) in [6.45, 7) is 0.175. The van der Waals surface area contributed by atoms with Crippen LogP contribution < -0.4 is 10.0 Å². The predicted molar refractivity (Wildman–Crippen MR) is 117 cm³/mol. The quantitative estimate of drug-likeness (QED) is 0.397. The van der Waals surface area contributed by atoms with Crippen LogP contribution in [0.3, 0.4) is 0 Å². The van der Waals surface area contributed by atoms with Crippen LogP contribution >= 0.6 is 11.5 Å². The Bertz CT molecular complexity index is 1380. The Balaban J connectivity index is 1.38. The molecule has 2 heterocycles. The molecule has 0 radical (unpaired) electrons. The van der Waals surface area contributed by atoms with Crippen molar-refractivity contribution in [3.05, 3.63) is 66.6 Å². The molecule has 13 heteroatoms. The van der Waals surface area contributed by atoms with Crippen LogP contribution in [0, 0.1) is 0 Å². The highest BCUT2D eigenvalue weighted by atomic mass is 32.2. The lowest BCUT2D eigenvalue weighted by molar-refractivity contribution is -0.137. The third-order valence-electron chi connectivity index (χ3n) is 4.71. The Morgan fingerprint density at radius 1 is 1.09 bits per heavy atom. The number of sulfonamides is 1. The second kappa shape index (κ2) is 8.83. The third-order valence-corrected chi connectivity index (χ3v) is 6.78. The van der Waals surface area contributed by atoms with Crippen molar-refractivity contribution < 1.29 is 26.4 Å². The molecule has 2 aromatic heterocycles. The van der Waals surface area contributed by atoms with Gasteiger partial charge in [0.15, 0.2) is 0 Å². The summed E-state index contributed by atoms with van der Waals surface area (Å²) in [5, 5.41) is 3.42. The van der Waals surface area contributed by atoms with Gasteiger partial charge < -0.3 is 9.88 Å². The van der Waals surface area contributed by atoms with E-state index in [4.69, 9.17) is 0 Å². The molecule has 2 aromatic carbocycles. The van der Waals surface area contributed by atoms with E-state index in [1.54, 1.807) is 16.8 Å². The van der Waals surface area contributed by atoms with E-state index >= 15 is 0 Å². The lowest BCUT2D eigenvalue weighted by Gasteiger charge is -2.10. The number of fused-ring (bicyclic) bond motifs is 1. The maximum atomic E-state index is 13.0. The maximum Gasteiger partial charge on any atom is 0.416 e. The average Bonchev–Trinajstić information content (AvgIpc) is 3.41. The normalized spacial score (nSPS) is 12.1. The molecule has 1 amide bonds. The van der Waals surface area contributed by atoms with E-state index in [9.17, 15) is 26.4 Å². The van der Waals surface area contributed by atoms with Gasteiger partial charge in [-0.1, -0.05) is 6.07 Å². The van der Waals surface area contributed by atoms with Gasteiger partial charge in [0.05, 0.1) is 10.5 Å². The Kier molecular flexibility index (Phi) is 6.08. The summed E-state index contributed by atoms with van der Waals surface area (Å²) < 4.78 is 71.2. The van der Waals surface area contributed by atoms with Crippen LogP contribution in [-0.4, -0.2) is 28.2 Å². The van der Waals surface area contributed by atoms with Crippen LogP contribution in [0.1, 0.15) is 12.0 Å². The molecule has 4 rings (SSSR count). The number of anilines is 2. The van der Waals surface area contributed by atoms with Gasteiger partial charge in [-0.15, -0.1) is 0 Å². The van der Waals surface area contributed by atoms with Crippen molar-refractivity contribution in [3.63, 3.8) is 0 Å². The van der Waals surface area contributed by atoms with Crippen LogP contribution in [0.4, 0.5) is 24.0 Å². The first kappa shape index (κ1) is 22.7. The smallest absolute Gasteiger partial charge is 0.347 e. The number of hydrogen-bond donors (Lipinski definition) is 2. The Hall–Kier alpha value is -3.45. The van der Waals surface area contributed by atoms with Gasteiger partial charge in [-0.25, -0.2) is 13.4 Å². The van der Waals surface area contributed by atoms with Crippen molar-refractivity contribution in [1.82, 2.24) is 13.9 Å². The molecular weight excluding hydrogens is 479 g/mol. The zero-order valence-electron chi connectivity index (χ0n) is 16.7. The first-order valence-corrected chi connectivity index (χ1v) is 11.7. The minimum atomic E-state index is -4.45. The number of aromatic nitrogens is 3. The summed E-state index contributed by atoms with van der Waals surface area (Å²) >= 11 is 0.897.